The number of alkyl halides is 1. The van der Waals surface area contributed by atoms with Crippen LogP contribution in [0.3, 0.4) is 0 Å². The Bertz CT molecular complexity index is 97.7. The van der Waals surface area contributed by atoms with Crippen molar-refractivity contribution in [2.24, 2.45) is 5.41 Å². The number of halogens is 1. The van der Waals surface area contributed by atoms with Gasteiger partial charge in [-0.25, -0.2) is 0 Å². The zero-order chi connectivity index (χ0) is 8.91. The number of nitrogens with zero attached hydrogens (tertiary/aromatic N) is 1. The van der Waals surface area contributed by atoms with Gasteiger partial charge in [-0.1, -0.05) is 27.7 Å². The highest BCUT2D eigenvalue weighted by Gasteiger charge is 2.18. The largest absolute Gasteiger partial charge is 0.303 e. The van der Waals surface area contributed by atoms with E-state index in [1.165, 1.54) is 0 Å². The van der Waals surface area contributed by atoms with Gasteiger partial charge in [0, 0.05) is 12.4 Å². The van der Waals surface area contributed by atoms with Crippen molar-refractivity contribution in [3.63, 3.8) is 0 Å². The number of rotatable bonds is 5. The van der Waals surface area contributed by atoms with E-state index in [4.69, 9.17) is 11.6 Å². The molecule has 0 aromatic heterocycles. The molecule has 0 spiro atoms. The third kappa shape index (κ3) is 4.65. The second kappa shape index (κ2) is 5.00. The van der Waals surface area contributed by atoms with Crippen LogP contribution in [-0.4, -0.2) is 30.4 Å². The Morgan fingerprint density at radius 2 is 1.64 bits per heavy atom. The maximum Gasteiger partial charge on any atom is 0.0286 e. The predicted molar refractivity (Wildman–Crippen MR) is 52.3 cm³/mol. The van der Waals surface area contributed by atoms with E-state index in [-0.39, 0.29) is 5.41 Å². The van der Waals surface area contributed by atoms with Crippen molar-refractivity contribution in [1.82, 2.24) is 4.90 Å². The molecule has 0 saturated heterocycles. The lowest BCUT2D eigenvalue weighted by Gasteiger charge is -2.29. The minimum absolute atomic E-state index is 0.258. The van der Waals surface area contributed by atoms with Crippen molar-refractivity contribution < 1.29 is 0 Å². The van der Waals surface area contributed by atoms with Crippen LogP contribution in [0.5, 0.6) is 0 Å². The molecular formula is C9H20ClN. The molecule has 0 unspecified atom stereocenters. The molecule has 0 heterocycles. The lowest BCUT2D eigenvalue weighted by molar-refractivity contribution is 0.210. The van der Waals surface area contributed by atoms with Crippen molar-refractivity contribution in [1.29, 1.82) is 0 Å². The van der Waals surface area contributed by atoms with Gasteiger partial charge in [0.15, 0.2) is 0 Å². The lowest BCUT2D eigenvalue weighted by Crippen LogP contribution is -2.35. The lowest BCUT2D eigenvalue weighted by atomic mass is 9.96. The summed E-state index contributed by atoms with van der Waals surface area (Å²) in [6.45, 7) is 12.1. The van der Waals surface area contributed by atoms with Crippen molar-refractivity contribution in [3.8, 4) is 0 Å². The SMILES string of the molecule is CCN(CC)CC(C)(C)CCl. The fraction of sp³-hybridized carbons (Fsp3) is 1.00. The van der Waals surface area contributed by atoms with Crippen LogP contribution in [0, 0.1) is 5.41 Å². The molecule has 0 amide bonds. The van der Waals surface area contributed by atoms with Gasteiger partial charge >= 0.3 is 0 Å². The molecule has 0 radical (unpaired) electrons. The molecule has 1 nitrogen and oxygen atoms in total. The minimum atomic E-state index is 0.258. The summed E-state index contributed by atoms with van der Waals surface area (Å²) in [6.07, 6.45) is 0. The average molecular weight is 178 g/mol. The molecule has 0 fully saturated rings. The summed E-state index contributed by atoms with van der Waals surface area (Å²) in [6, 6.07) is 0. The van der Waals surface area contributed by atoms with Gasteiger partial charge < -0.3 is 4.90 Å². The van der Waals surface area contributed by atoms with Crippen LogP contribution in [0.15, 0.2) is 0 Å². The molecule has 0 bridgehead atoms. The first kappa shape index (κ1) is 11.2. The molecule has 0 aliphatic rings. The van der Waals surface area contributed by atoms with Gasteiger partial charge in [0.05, 0.1) is 0 Å². The first-order valence-corrected chi connectivity index (χ1v) is 4.87. The monoisotopic (exact) mass is 177 g/mol. The van der Waals surface area contributed by atoms with Gasteiger partial charge in [-0.15, -0.1) is 11.6 Å². The first-order chi connectivity index (χ1) is 5.05. The predicted octanol–water partition coefficient (Wildman–Crippen LogP) is 2.59. The van der Waals surface area contributed by atoms with Gasteiger partial charge in [0.1, 0.15) is 0 Å². The van der Waals surface area contributed by atoms with Gasteiger partial charge in [-0.05, 0) is 18.5 Å². The van der Waals surface area contributed by atoms with Gasteiger partial charge in [0.2, 0.25) is 0 Å². The summed E-state index contributed by atoms with van der Waals surface area (Å²) in [5.74, 6) is 0.740. The summed E-state index contributed by atoms with van der Waals surface area (Å²) >= 11 is 5.82. The van der Waals surface area contributed by atoms with E-state index in [1.54, 1.807) is 0 Å². The molecule has 0 saturated carbocycles. The third-order valence-electron chi connectivity index (χ3n) is 1.91. The quantitative estimate of drug-likeness (QED) is 0.584. The Morgan fingerprint density at radius 1 is 1.18 bits per heavy atom. The van der Waals surface area contributed by atoms with Crippen LogP contribution >= 0.6 is 11.6 Å². The summed E-state index contributed by atoms with van der Waals surface area (Å²) in [7, 11) is 0. The van der Waals surface area contributed by atoms with Crippen LogP contribution in [0.4, 0.5) is 0 Å². The Balaban J connectivity index is 3.79. The topological polar surface area (TPSA) is 3.24 Å². The van der Waals surface area contributed by atoms with E-state index in [9.17, 15) is 0 Å². The Labute approximate surface area is 75.7 Å². The molecule has 0 N–H and O–H groups in total. The highest BCUT2D eigenvalue weighted by atomic mass is 35.5. The van der Waals surface area contributed by atoms with Crippen molar-refractivity contribution in [2.75, 3.05) is 25.5 Å². The van der Waals surface area contributed by atoms with Crippen LogP contribution < -0.4 is 0 Å². The second-order valence-corrected chi connectivity index (χ2v) is 4.03. The number of hydrogen-bond donors (Lipinski definition) is 0. The van der Waals surface area contributed by atoms with E-state index in [0.29, 0.717) is 0 Å². The molecule has 0 atom stereocenters. The normalized spacial score (nSPS) is 12.5. The molecule has 11 heavy (non-hydrogen) atoms. The molecule has 68 valence electrons. The van der Waals surface area contributed by atoms with Gasteiger partial charge in [0.25, 0.3) is 0 Å². The molecular weight excluding hydrogens is 158 g/mol. The summed E-state index contributed by atoms with van der Waals surface area (Å²) in [4.78, 5) is 2.41. The van der Waals surface area contributed by atoms with Crippen molar-refractivity contribution >= 4 is 11.6 Å². The van der Waals surface area contributed by atoms with E-state index in [0.717, 1.165) is 25.5 Å². The van der Waals surface area contributed by atoms with Gasteiger partial charge in [-0.3, -0.25) is 0 Å². The zero-order valence-corrected chi connectivity index (χ0v) is 8.91. The molecule has 0 aliphatic heterocycles. The van der Waals surface area contributed by atoms with Crippen LogP contribution in [-0.2, 0) is 0 Å². The highest BCUT2D eigenvalue weighted by Crippen LogP contribution is 2.18. The van der Waals surface area contributed by atoms with E-state index in [2.05, 4.69) is 32.6 Å². The fourth-order valence-electron chi connectivity index (χ4n) is 1.09. The first-order valence-electron chi connectivity index (χ1n) is 4.34. The molecule has 2 heteroatoms. The Hall–Kier alpha value is 0.250. The Morgan fingerprint density at radius 3 is 1.91 bits per heavy atom. The van der Waals surface area contributed by atoms with E-state index >= 15 is 0 Å². The summed E-state index contributed by atoms with van der Waals surface area (Å²) in [5, 5.41) is 0. The molecule has 0 aliphatic carbocycles. The molecule has 0 rings (SSSR count). The second-order valence-electron chi connectivity index (χ2n) is 3.76. The fourth-order valence-corrected chi connectivity index (χ4v) is 1.18. The van der Waals surface area contributed by atoms with Crippen LogP contribution in [0.1, 0.15) is 27.7 Å². The summed E-state index contributed by atoms with van der Waals surface area (Å²) in [5.41, 5.74) is 0.258. The Kier molecular flexibility index (Phi) is 5.11. The van der Waals surface area contributed by atoms with Crippen LogP contribution in [0.25, 0.3) is 0 Å². The smallest absolute Gasteiger partial charge is 0.0286 e. The van der Waals surface area contributed by atoms with E-state index in [1.807, 2.05) is 0 Å². The summed E-state index contributed by atoms with van der Waals surface area (Å²) < 4.78 is 0. The molecule has 0 aromatic carbocycles. The molecule has 0 aromatic rings. The maximum atomic E-state index is 5.82. The van der Waals surface area contributed by atoms with Crippen LogP contribution in [0.2, 0.25) is 0 Å². The highest BCUT2D eigenvalue weighted by molar-refractivity contribution is 6.18. The third-order valence-corrected chi connectivity index (χ3v) is 2.63. The van der Waals surface area contributed by atoms with Crippen molar-refractivity contribution in [3.05, 3.63) is 0 Å². The van der Waals surface area contributed by atoms with Crippen molar-refractivity contribution in [2.45, 2.75) is 27.7 Å². The van der Waals surface area contributed by atoms with Gasteiger partial charge in [-0.2, -0.15) is 0 Å². The average Bonchev–Trinajstić information content (AvgIpc) is 2.00. The number of hydrogen-bond acceptors (Lipinski definition) is 1. The standard InChI is InChI=1S/C9H20ClN/c1-5-11(6-2)8-9(3,4)7-10/h5-8H2,1-4H3. The minimum Gasteiger partial charge on any atom is -0.303 e. The zero-order valence-electron chi connectivity index (χ0n) is 8.15. The maximum absolute atomic E-state index is 5.82. The van der Waals surface area contributed by atoms with E-state index < -0.39 is 0 Å².